The standard InChI is InChI=1S/C22H22N4O4S/c1-5-18(27)25-16-9-7-6-8-14(16)19-20(28)23-22(31-4)24-26(19)21(25)15-12-13(29-2)10-11-17(15)30-3/h6-12,21H,5H2,1-4H3. The van der Waals surface area contributed by atoms with Crippen molar-refractivity contribution in [3.63, 3.8) is 0 Å². The first kappa shape index (κ1) is 20.9. The Balaban J connectivity index is 2.11. The number of amides is 1. The summed E-state index contributed by atoms with van der Waals surface area (Å²) in [6, 6.07) is 12.7. The van der Waals surface area contributed by atoms with Crippen molar-refractivity contribution >= 4 is 23.4 Å². The lowest BCUT2D eigenvalue weighted by atomic mass is 10.00. The third-order valence-electron chi connectivity index (χ3n) is 5.19. The predicted molar refractivity (Wildman–Crippen MR) is 114 cm³/mol. The van der Waals surface area contributed by atoms with Gasteiger partial charge in [0, 0.05) is 11.5 Å². The Morgan fingerprint density at radius 2 is 2.00 bits per heavy atom. The number of thioether (sulfide) groups is 1. The number of nitrogens with zero attached hydrogens (tertiary/aromatic N) is 4. The van der Waals surface area contributed by atoms with Crippen LogP contribution in [0.25, 0.3) is 11.3 Å². The summed E-state index contributed by atoms with van der Waals surface area (Å²) in [5.74, 6) is 0.635. The molecule has 0 fully saturated rings. The van der Waals surface area contributed by atoms with Crippen LogP contribution in [0.5, 0.6) is 17.4 Å². The highest BCUT2D eigenvalue weighted by atomic mass is 32.2. The summed E-state index contributed by atoms with van der Waals surface area (Å²) in [5.41, 5.74) is 2.21. The Labute approximate surface area is 184 Å². The van der Waals surface area contributed by atoms with Crippen molar-refractivity contribution < 1.29 is 24.1 Å². The van der Waals surface area contributed by atoms with Gasteiger partial charge in [0.05, 0.1) is 36.9 Å². The Kier molecular flexibility index (Phi) is 5.69. The summed E-state index contributed by atoms with van der Waals surface area (Å²) in [6.07, 6.45) is 1.33. The van der Waals surface area contributed by atoms with Crippen molar-refractivity contribution in [2.24, 2.45) is 0 Å². The van der Waals surface area contributed by atoms with E-state index in [0.717, 1.165) is 0 Å². The van der Waals surface area contributed by atoms with Gasteiger partial charge in [0.25, 0.3) is 17.0 Å². The Hall–Kier alpha value is -3.33. The van der Waals surface area contributed by atoms with Crippen LogP contribution in [0.15, 0.2) is 47.6 Å². The number of hydrogen-bond acceptors (Lipinski definition) is 7. The fourth-order valence-corrected chi connectivity index (χ4v) is 4.13. The van der Waals surface area contributed by atoms with Crippen LogP contribution in [0.2, 0.25) is 0 Å². The van der Waals surface area contributed by atoms with Crippen molar-refractivity contribution in [1.82, 2.24) is 10.1 Å². The number of rotatable bonds is 5. The lowest BCUT2D eigenvalue weighted by Crippen LogP contribution is -2.59. The molecule has 1 aromatic heterocycles. The van der Waals surface area contributed by atoms with Crippen molar-refractivity contribution in [2.75, 3.05) is 25.4 Å². The molecule has 0 radical (unpaired) electrons. The molecular weight excluding hydrogens is 416 g/mol. The highest BCUT2D eigenvalue weighted by Gasteiger charge is 2.45. The molecule has 9 heteroatoms. The first-order valence-electron chi connectivity index (χ1n) is 9.72. The molecular formula is C22H22N4O4S. The molecule has 0 spiro atoms. The molecule has 3 aromatic rings. The van der Waals surface area contributed by atoms with Gasteiger partial charge in [-0.2, -0.15) is 0 Å². The predicted octanol–water partition coefficient (Wildman–Crippen LogP) is 2.55. The minimum atomic E-state index is -0.746. The monoisotopic (exact) mass is 438 g/mol. The molecule has 0 saturated heterocycles. The number of para-hydroxylation sites is 1. The molecule has 31 heavy (non-hydrogen) atoms. The largest absolute Gasteiger partial charge is 0.854 e. The molecule has 1 aliphatic rings. The van der Waals surface area contributed by atoms with Crippen LogP contribution in [0.3, 0.4) is 0 Å². The maximum absolute atomic E-state index is 13.2. The van der Waals surface area contributed by atoms with Gasteiger partial charge >= 0.3 is 0 Å². The molecule has 2 aromatic carbocycles. The average Bonchev–Trinajstić information content (AvgIpc) is 2.81. The SMILES string of the molecule is CCC(=O)N1c2ccccc2-c2c([O-])nc(SC)n[n+]2C1c1cc(OC)ccc1OC. The van der Waals surface area contributed by atoms with Gasteiger partial charge in [-0.25, -0.2) is 9.88 Å². The number of carbonyl (C=O) groups excluding carboxylic acids is 1. The number of fused-ring (bicyclic) bond motifs is 3. The van der Waals surface area contributed by atoms with E-state index in [4.69, 9.17) is 9.47 Å². The maximum atomic E-state index is 13.2. The third kappa shape index (κ3) is 3.44. The molecule has 1 amide bonds. The van der Waals surface area contributed by atoms with Gasteiger partial charge in [-0.05, 0) is 36.6 Å². The first-order valence-corrected chi connectivity index (χ1v) is 10.9. The van der Waals surface area contributed by atoms with Crippen LogP contribution in [0.4, 0.5) is 5.69 Å². The van der Waals surface area contributed by atoms with E-state index in [0.29, 0.717) is 39.2 Å². The smallest absolute Gasteiger partial charge is 0.296 e. The van der Waals surface area contributed by atoms with E-state index >= 15 is 0 Å². The zero-order chi connectivity index (χ0) is 22.1. The summed E-state index contributed by atoms with van der Waals surface area (Å²) in [5, 5.41) is 18.0. The van der Waals surface area contributed by atoms with Crippen molar-refractivity contribution in [2.45, 2.75) is 24.7 Å². The van der Waals surface area contributed by atoms with E-state index < -0.39 is 12.0 Å². The van der Waals surface area contributed by atoms with Gasteiger partial charge in [0.15, 0.2) is 0 Å². The molecule has 160 valence electrons. The van der Waals surface area contributed by atoms with E-state index in [1.54, 1.807) is 61.2 Å². The van der Waals surface area contributed by atoms with E-state index in [2.05, 4.69) is 10.1 Å². The fraction of sp³-hybridized carbons (Fsp3) is 0.273. The van der Waals surface area contributed by atoms with Crippen LogP contribution in [-0.2, 0) is 4.79 Å². The van der Waals surface area contributed by atoms with Crippen molar-refractivity contribution in [3.05, 3.63) is 48.0 Å². The third-order valence-corrected chi connectivity index (χ3v) is 5.72. The summed E-state index contributed by atoms with van der Waals surface area (Å²) in [6.45, 7) is 1.80. The normalized spacial score (nSPS) is 14.6. The summed E-state index contributed by atoms with van der Waals surface area (Å²) >= 11 is 1.26. The Morgan fingerprint density at radius 1 is 1.23 bits per heavy atom. The Bertz CT molecular complexity index is 1150. The number of ether oxygens (including phenoxy) is 2. The molecule has 0 saturated carbocycles. The number of carbonyl (C=O) groups is 1. The molecule has 0 aliphatic carbocycles. The van der Waals surface area contributed by atoms with Crippen LogP contribution < -0.4 is 24.2 Å². The summed E-state index contributed by atoms with van der Waals surface area (Å²) < 4.78 is 12.6. The minimum absolute atomic E-state index is 0.114. The van der Waals surface area contributed by atoms with E-state index in [1.165, 1.54) is 11.8 Å². The van der Waals surface area contributed by atoms with Crippen molar-refractivity contribution in [3.8, 4) is 28.6 Å². The number of methoxy groups -OCH3 is 2. The molecule has 0 bridgehead atoms. The van der Waals surface area contributed by atoms with E-state index in [-0.39, 0.29) is 12.3 Å². The zero-order valence-electron chi connectivity index (χ0n) is 17.7. The molecule has 8 nitrogen and oxygen atoms in total. The second kappa shape index (κ2) is 8.43. The quantitative estimate of drug-likeness (QED) is 0.447. The second-order valence-electron chi connectivity index (χ2n) is 6.81. The van der Waals surface area contributed by atoms with Gasteiger partial charge in [0.2, 0.25) is 5.91 Å². The first-order chi connectivity index (χ1) is 15.0. The molecule has 1 unspecified atom stereocenters. The van der Waals surface area contributed by atoms with Gasteiger partial charge in [-0.3, -0.25) is 4.79 Å². The number of anilines is 1. The summed E-state index contributed by atoms with van der Waals surface area (Å²) in [4.78, 5) is 19.0. The van der Waals surface area contributed by atoms with Crippen LogP contribution in [-0.4, -0.2) is 36.5 Å². The van der Waals surface area contributed by atoms with Gasteiger partial charge < -0.3 is 14.6 Å². The second-order valence-corrected chi connectivity index (χ2v) is 7.59. The lowest BCUT2D eigenvalue weighted by Gasteiger charge is -2.33. The topological polar surface area (TPSA) is 91.5 Å². The van der Waals surface area contributed by atoms with Crippen LogP contribution in [0.1, 0.15) is 25.1 Å². The highest BCUT2D eigenvalue weighted by Crippen LogP contribution is 2.43. The number of aromatic nitrogens is 3. The maximum Gasteiger partial charge on any atom is 0.296 e. The van der Waals surface area contributed by atoms with Gasteiger partial charge in [0.1, 0.15) is 11.5 Å². The highest BCUT2D eigenvalue weighted by molar-refractivity contribution is 7.98. The molecule has 0 N–H and O–H groups in total. The molecule has 1 aliphatic heterocycles. The molecule has 1 atom stereocenters. The number of hydrogen-bond donors (Lipinski definition) is 0. The molecule has 4 rings (SSSR count). The lowest BCUT2D eigenvalue weighted by molar-refractivity contribution is -0.764. The number of benzene rings is 2. The van der Waals surface area contributed by atoms with E-state index in [1.807, 2.05) is 18.2 Å². The van der Waals surface area contributed by atoms with Crippen molar-refractivity contribution in [1.29, 1.82) is 0 Å². The fourth-order valence-electron chi connectivity index (χ4n) is 3.78. The van der Waals surface area contributed by atoms with Gasteiger partial charge in [-0.15, -0.1) is 0 Å². The minimum Gasteiger partial charge on any atom is -0.854 e. The van der Waals surface area contributed by atoms with Crippen LogP contribution >= 0.6 is 11.8 Å². The van der Waals surface area contributed by atoms with E-state index in [9.17, 15) is 9.90 Å². The Morgan fingerprint density at radius 3 is 2.68 bits per heavy atom. The molecule has 2 heterocycles. The zero-order valence-corrected chi connectivity index (χ0v) is 18.5. The van der Waals surface area contributed by atoms with Gasteiger partial charge in [-0.1, -0.05) is 35.5 Å². The average molecular weight is 439 g/mol. The summed E-state index contributed by atoms with van der Waals surface area (Å²) in [7, 11) is 3.13. The van der Waals surface area contributed by atoms with Crippen LogP contribution in [0, 0.1) is 0 Å².